The summed E-state index contributed by atoms with van der Waals surface area (Å²) >= 11 is 0. The molecule has 1 fully saturated rings. The van der Waals surface area contributed by atoms with E-state index in [1.165, 1.54) is 0 Å². The summed E-state index contributed by atoms with van der Waals surface area (Å²) in [6, 6.07) is 26.8. The van der Waals surface area contributed by atoms with Crippen LogP contribution in [-0.4, -0.2) is 35.8 Å². The van der Waals surface area contributed by atoms with Gasteiger partial charge >= 0.3 is 6.03 Å². The van der Waals surface area contributed by atoms with Crippen LogP contribution in [0.5, 0.6) is 0 Å². The maximum Gasteiger partial charge on any atom is 0.319 e. The number of fused-ring (bicyclic) bond motifs is 1. The van der Waals surface area contributed by atoms with Gasteiger partial charge in [0.15, 0.2) is 0 Å². The maximum atomic E-state index is 13.2. The molecule has 4 aromatic rings. The van der Waals surface area contributed by atoms with Crippen molar-refractivity contribution < 1.29 is 14.3 Å². The zero-order valence-electron chi connectivity index (χ0n) is 19.4. The minimum Gasteiger partial charge on any atom is -0.376 e. The third-order valence-electron chi connectivity index (χ3n) is 6.14. The number of urea groups is 1. The second-order valence-electron chi connectivity index (χ2n) is 8.66. The zero-order chi connectivity index (χ0) is 24.0. The van der Waals surface area contributed by atoms with Crippen molar-refractivity contribution in [1.29, 1.82) is 0 Å². The smallest absolute Gasteiger partial charge is 0.319 e. The highest BCUT2D eigenvalue weighted by molar-refractivity contribution is 6.06. The molecule has 7 nitrogen and oxygen atoms in total. The van der Waals surface area contributed by atoms with E-state index in [1.807, 2.05) is 53.1 Å². The molecule has 1 unspecified atom stereocenters. The lowest BCUT2D eigenvalue weighted by molar-refractivity contribution is 0.101. The van der Waals surface area contributed by atoms with Crippen molar-refractivity contribution in [3.8, 4) is 0 Å². The molecule has 3 N–H and O–H groups in total. The number of aromatic nitrogens is 1. The number of ether oxygens (including phenoxy) is 1. The highest BCUT2D eigenvalue weighted by Crippen LogP contribution is 2.23. The third-order valence-corrected chi connectivity index (χ3v) is 6.14. The Morgan fingerprint density at radius 3 is 2.34 bits per heavy atom. The van der Waals surface area contributed by atoms with Crippen LogP contribution in [0.3, 0.4) is 0 Å². The molecule has 1 saturated heterocycles. The molecule has 0 saturated carbocycles. The van der Waals surface area contributed by atoms with Crippen LogP contribution in [0.25, 0.3) is 10.9 Å². The third kappa shape index (κ3) is 5.53. The van der Waals surface area contributed by atoms with Gasteiger partial charge in [-0.1, -0.05) is 48.5 Å². The molecular weight excluding hydrogens is 440 g/mol. The van der Waals surface area contributed by atoms with Gasteiger partial charge in [0.05, 0.1) is 6.10 Å². The number of carbonyl (C=O) groups excluding carboxylic acids is 2. The Balaban J connectivity index is 1.26. The zero-order valence-corrected chi connectivity index (χ0v) is 19.4. The summed E-state index contributed by atoms with van der Waals surface area (Å²) in [5.41, 5.74) is 4.01. The summed E-state index contributed by atoms with van der Waals surface area (Å²) in [7, 11) is 0. The van der Waals surface area contributed by atoms with E-state index in [-0.39, 0.29) is 18.0 Å². The first-order valence-electron chi connectivity index (χ1n) is 11.9. The summed E-state index contributed by atoms with van der Waals surface area (Å²) in [6.45, 7) is 1.85. The number of amides is 3. The van der Waals surface area contributed by atoms with Crippen molar-refractivity contribution in [2.45, 2.75) is 25.5 Å². The Kier molecular flexibility index (Phi) is 6.77. The van der Waals surface area contributed by atoms with E-state index in [2.05, 4.69) is 28.1 Å². The van der Waals surface area contributed by atoms with Crippen molar-refractivity contribution in [2.24, 2.45) is 0 Å². The highest BCUT2D eigenvalue weighted by atomic mass is 16.5. The molecule has 35 heavy (non-hydrogen) atoms. The van der Waals surface area contributed by atoms with E-state index in [4.69, 9.17) is 4.74 Å². The van der Waals surface area contributed by atoms with E-state index in [0.717, 1.165) is 35.9 Å². The Hall–Kier alpha value is -4.10. The van der Waals surface area contributed by atoms with Crippen LogP contribution in [0.1, 0.15) is 28.9 Å². The van der Waals surface area contributed by atoms with Crippen LogP contribution in [0.15, 0.2) is 84.9 Å². The molecule has 178 valence electrons. The van der Waals surface area contributed by atoms with Gasteiger partial charge in [0.25, 0.3) is 5.91 Å². The van der Waals surface area contributed by atoms with E-state index >= 15 is 0 Å². The van der Waals surface area contributed by atoms with Gasteiger partial charge in [0.1, 0.15) is 5.69 Å². The fourth-order valence-electron chi connectivity index (χ4n) is 4.35. The molecule has 7 heteroatoms. The van der Waals surface area contributed by atoms with Crippen LogP contribution >= 0.6 is 0 Å². The second kappa shape index (κ2) is 10.4. The number of hydrogen-bond acceptors (Lipinski definition) is 3. The number of rotatable bonds is 7. The van der Waals surface area contributed by atoms with Crippen LogP contribution in [0.4, 0.5) is 16.2 Å². The topological polar surface area (TPSA) is 84.4 Å². The summed E-state index contributed by atoms with van der Waals surface area (Å²) < 4.78 is 7.56. The molecule has 5 rings (SSSR count). The molecule has 0 radical (unpaired) electrons. The van der Waals surface area contributed by atoms with Crippen molar-refractivity contribution in [3.63, 3.8) is 0 Å². The van der Waals surface area contributed by atoms with Gasteiger partial charge in [-0.05, 0) is 54.8 Å². The number of carbonyl (C=O) groups is 2. The minimum atomic E-state index is -0.275. The number of anilines is 2. The molecular formula is C28H28N4O3. The lowest BCUT2D eigenvalue weighted by Gasteiger charge is -2.13. The number of para-hydroxylation sites is 1. The van der Waals surface area contributed by atoms with E-state index < -0.39 is 0 Å². The summed E-state index contributed by atoms with van der Waals surface area (Å²) in [4.78, 5) is 25.4. The molecule has 2 heterocycles. The van der Waals surface area contributed by atoms with Crippen LogP contribution in [0, 0.1) is 0 Å². The van der Waals surface area contributed by atoms with Crippen LogP contribution in [-0.2, 0) is 11.3 Å². The molecule has 0 bridgehead atoms. The standard InChI is InChI=1S/C28H28N4O3/c33-27(26-17-21-9-4-5-11-25(21)32(26)19-20-7-2-1-3-8-20)30-22-12-14-23(15-13-22)31-28(34)29-18-24-10-6-16-35-24/h1-5,7-9,11-15,17,24H,6,10,16,18-19H2,(H,30,33)(H2,29,31,34). The SMILES string of the molecule is O=C(NCC1CCCO1)Nc1ccc(NC(=O)c2cc3ccccc3n2Cc2ccccc2)cc1. The first-order chi connectivity index (χ1) is 17.2. The average molecular weight is 469 g/mol. The quantitative estimate of drug-likeness (QED) is 0.347. The van der Waals surface area contributed by atoms with Crippen molar-refractivity contribution >= 4 is 34.2 Å². The Labute approximate surface area is 204 Å². The predicted molar refractivity (Wildman–Crippen MR) is 138 cm³/mol. The van der Waals surface area contributed by atoms with Gasteiger partial charge in [-0.25, -0.2) is 4.79 Å². The van der Waals surface area contributed by atoms with Gasteiger partial charge in [-0.2, -0.15) is 0 Å². The van der Waals surface area contributed by atoms with Crippen LogP contribution < -0.4 is 16.0 Å². The predicted octanol–water partition coefficient (Wildman–Crippen LogP) is 5.24. The minimum absolute atomic E-state index is 0.0934. The molecule has 1 atom stereocenters. The van der Waals surface area contributed by atoms with Gasteiger partial charge in [-0.3, -0.25) is 4.79 Å². The molecule has 3 amide bonds. The van der Waals surface area contributed by atoms with E-state index in [9.17, 15) is 9.59 Å². The monoisotopic (exact) mass is 468 g/mol. The Morgan fingerprint density at radius 2 is 1.60 bits per heavy atom. The maximum absolute atomic E-state index is 13.2. The van der Waals surface area contributed by atoms with Crippen LogP contribution in [0.2, 0.25) is 0 Å². The highest BCUT2D eigenvalue weighted by Gasteiger charge is 2.17. The first-order valence-corrected chi connectivity index (χ1v) is 11.9. The van der Waals surface area contributed by atoms with E-state index in [1.54, 1.807) is 24.3 Å². The lowest BCUT2D eigenvalue weighted by atomic mass is 10.2. The number of hydrogen-bond donors (Lipinski definition) is 3. The normalized spacial score (nSPS) is 15.1. The van der Waals surface area contributed by atoms with Gasteiger partial charge in [0.2, 0.25) is 0 Å². The summed E-state index contributed by atoms with van der Waals surface area (Å²) in [5.74, 6) is -0.188. The number of nitrogens with zero attached hydrogens (tertiary/aromatic N) is 1. The Morgan fingerprint density at radius 1 is 0.886 bits per heavy atom. The number of benzene rings is 3. The molecule has 1 aromatic heterocycles. The fourth-order valence-corrected chi connectivity index (χ4v) is 4.35. The second-order valence-corrected chi connectivity index (χ2v) is 8.66. The summed E-state index contributed by atoms with van der Waals surface area (Å²) in [5, 5.41) is 9.64. The lowest BCUT2D eigenvalue weighted by Crippen LogP contribution is -2.35. The molecule has 0 aliphatic carbocycles. The fraction of sp³-hybridized carbons (Fsp3) is 0.214. The Bertz CT molecular complexity index is 1310. The first kappa shape index (κ1) is 22.7. The van der Waals surface area contributed by atoms with Crippen molar-refractivity contribution in [1.82, 2.24) is 9.88 Å². The molecule has 0 spiro atoms. The van der Waals surface area contributed by atoms with Gasteiger partial charge < -0.3 is 25.3 Å². The average Bonchev–Trinajstić information content (AvgIpc) is 3.53. The molecule has 3 aromatic carbocycles. The summed E-state index contributed by atoms with van der Waals surface area (Å²) in [6.07, 6.45) is 2.10. The largest absolute Gasteiger partial charge is 0.376 e. The molecule has 1 aliphatic heterocycles. The van der Waals surface area contributed by atoms with E-state index in [0.29, 0.717) is 30.2 Å². The van der Waals surface area contributed by atoms with Crippen molar-refractivity contribution in [3.05, 3.63) is 96.2 Å². The van der Waals surface area contributed by atoms with Crippen molar-refractivity contribution in [2.75, 3.05) is 23.8 Å². The van der Waals surface area contributed by atoms with Gasteiger partial charge in [-0.15, -0.1) is 0 Å². The van der Waals surface area contributed by atoms with Gasteiger partial charge in [0, 0.05) is 42.0 Å². The molecule has 1 aliphatic rings. The number of nitrogens with one attached hydrogen (secondary N) is 3.